The van der Waals surface area contributed by atoms with Crippen molar-refractivity contribution in [3.05, 3.63) is 11.9 Å². The quantitative estimate of drug-likeness (QED) is 0.568. The number of carbonyl (C=O) groups is 3. The molecule has 0 spiro atoms. The lowest BCUT2D eigenvalue weighted by Gasteiger charge is -2.34. The van der Waals surface area contributed by atoms with Gasteiger partial charge in [-0.3, -0.25) is 14.4 Å². The van der Waals surface area contributed by atoms with Gasteiger partial charge in [0.15, 0.2) is 0 Å². The highest BCUT2D eigenvalue weighted by atomic mass is 16.5. The van der Waals surface area contributed by atoms with Crippen LogP contribution in [0.5, 0.6) is 0 Å². The highest BCUT2D eigenvalue weighted by Crippen LogP contribution is 2.40. The van der Waals surface area contributed by atoms with Crippen molar-refractivity contribution in [2.45, 2.75) is 89.2 Å². The van der Waals surface area contributed by atoms with Crippen molar-refractivity contribution in [3.8, 4) is 0 Å². The Kier molecular flexibility index (Phi) is 7.19. The third-order valence-electron chi connectivity index (χ3n) is 7.03. The van der Waals surface area contributed by atoms with Crippen molar-refractivity contribution >= 4 is 17.7 Å². The molecule has 11 heteroatoms. The average molecular weight is 491 g/mol. The molecule has 0 bridgehead atoms. The molecular weight excluding hydrogens is 452 g/mol. The van der Waals surface area contributed by atoms with E-state index < -0.39 is 29.7 Å². The summed E-state index contributed by atoms with van der Waals surface area (Å²) in [5.41, 5.74) is 0.414. The normalized spacial score (nSPS) is 27.7. The van der Waals surface area contributed by atoms with Gasteiger partial charge in [0, 0.05) is 45.7 Å². The van der Waals surface area contributed by atoms with E-state index >= 15 is 0 Å². The van der Waals surface area contributed by atoms with Crippen LogP contribution in [0, 0.1) is 5.41 Å². The fourth-order valence-electron chi connectivity index (χ4n) is 4.98. The lowest BCUT2D eigenvalue weighted by atomic mass is 9.85. The lowest BCUT2D eigenvalue weighted by Crippen LogP contribution is -2.51. The van der Waals surface area contributed by atoms with Gasteiger partial charge in [0.05, 0.1) is 17.9 Å². The molecule has 3 heterocycles. The molecule has 2 aliphatic heterocycles. The molecule has 194 valence electrons. The van der Waals surface area contributed by atoms with E-state index in [4.69, 9.17) is 4.74 Å². The zero-order valence-corrected chi connectivity index (χ0v) is 21.3. The van der Waals surface area contributed by atoms with E-state index in [0.29, 0.717) is 18.8 Å². The molecule has 4 rings (SSSR count). The van der Waals surface area contributed by atoms with Gasteiger partial charge >= 0.3 is 0 Å². The first-order valence-electron chi connectivity index (χ1n) is 12.5. The van der Waals surface area contributed by atoms with Crippen LogP contribution in [-0.2, 0) is 19.1 Å². The fourth-order valence-corrected chi connectivity index (χ4v) is 4.98. The van der Waals surface area contributed by atoms with Crippen molar-refractivity contribution in [3.63, 3.8) is 0 Å². The van der Waals surface area contributed by atoms with E-state index in [2.05, 4.69) is 15.6 Å². The van der Waals surface area contributed by atoms with E-state index in [1.54, 1.807) is 18.8 Å². The Bertz CT molecular complexity index is 952. The van der Waals surface area contributed by atoms with Crippen molar-refractivity contribution in [1.29, 1.82) is 0 Å². The van der Waals surface area contributed by atoms with Crippen LogP contribution < -0.4 is 5.32 Å². The maximum atomic E-state index is 13.8. The second-order valence-corrected chi connectivity index (χ2v) is 11.4. The van der Waals surface area contributed by atoms with Crippen LogP contribution in [0.1, 0.15) is 70.5 Å². The van der Waals surface area contributed by atoms with Crippen LogP contribution in [0.15, 0.2) is 6.20 Å². The first-order valence-corrected chi connectivity index (χ1v) is 12.5. The highest BCUT2D eigenvalue weighted by Gasteiger charge is 2.45. The zero-order chi connectivity index (χ0) is 25.5. The molecule has 1 aromatic rings. The van der Waals surface area contributed by atoms with Gasteiger partial charge in [-0.15, -0.1) is 5.10 Å². The number of carbonyl (C=O) groups excluding carboxylic acids is 3. The number of hydrogen-bond donors (Lipinski definition) is 2. The Morgan fingerprint density at radius 3 is 2.57 bits per heavy atom. The Morgan fingerprint density at radius 2 is 1.94 bits per heavy atom. The van der Waals surface area contributed by atoms with Crippen LogP contribution in [0.2, 0.25) is 0 Å². The van der Waals surface area contributed by atoms with Gasteiger partial charge in [-0.2, -0.15) is 0 Å². The maximum absolute atomic E-state index is 13.8. The molecule has 0 radical (unpaired) electrons. The van der Waals surface area contributed by atoms with Crippen molar-refractivity contribution in [2.24, 2.45) is 5.41 Å². The minimum Gasteiger partial charge on any atom is -0.391 e. The summed E-state index contributed by atoms with van der Waals surface area (Å²) in [7, 11) is 3.38. The number of likely N-dealkylation sites (N-methyl/N-ethyl adjacent to an activating group) is 1. The number of hydrogen-bond acceptors (Lipinski definition) is 7. The monoisotopic (exact) mass is 490 g/mol. The van der Waals surface area contributed by atoms with Crippen molar-refractivity contribution < 1.29 is 24.2 Å². The van der Waals surface area contributed by atoms with Gasteiger partial charge in [-0.05, 0) is 31.1 Å². The number of rotatable bonds is 7. The third-order valence-corrected chi connectivity index (χ3v) is 7.03. The van der Waals surface area contributed by atoms with Gasteiger partial charge in [0.2, 0.25) is 11.8 Å². The zero-order valence-electron chi connectivity index (χ0n) is 21.3. The molecule has 4 unspecified atom stereocenters. The van der Waals surface area contributed by atoms with Crippen LogP contribution in [0.3, 0.4) is 0 Å². The van der Waals surface area contributed by atoms with Crippen LogP contribution in [-0.4, -0.2) is 99.2 Å². The number of nitrogens with one attached hydrogen (secondary N) is 1. The summed E-state index contributed by atoms with van der Waals surface area (Å²) in [6.07, 6.45) is 3.93. The van der Waals surface area contributed by atoms with Crippen molar-refractivity contribution in [1.82, 2.24) is 30.1 Å². The Balaban J connectivity index is 1.42. The third kappa shape index (κ3) is 5.66. The molecule has 2 saturated heterocycles. The van der Waals surface area contributed by atoms with E-state index in [-0.39, 0.29) is 43.3 Å². The molecule has 5 atom stereocenters. The standard InChI is InChI=1S/C24H38N6O5/c1-24(2,3)20(30-13-17(26-27-30)14-6-7-14)23(34)29-12-15(31)10-18(29)21(32)25-11-16-8-9-19(35-16)22(33)28(4)5/h13-16,18-20,31H,6-12H2,1-5H3,(H,25,32)/t15?,16?,18?,19?,20-/m1/s1. The number of ether oxygens (including phenoxy) is 1. The first-order chi connectivity index (χ1) is 16.5. The Morgan fingerprint density at radius 1 is 1.23 bits per heavy atom. The molecule has 3 fully saturated rings. The highest BCUT2D eigenvalue weighted by molar-refractivity contribution is 5.90. The number of aliphatic hydroxyl groups excluding tert-OH is 1. The van der Waals surface area contributed by atoms with Crippen LogP contribution in [0.25, 0.3) is 0 Å². The molecule has 1 aromatic heterocycles. The predicted molar refractivity (Wildman–Crippen MR) is 126 cm³/mol. The predicted octanol–water partition coefficient (Wildman–Crippen LogP) is 0.457. The van der Waals surface area contributed by atoms with E-state index in [1.807, 2.05) is 27.0 Å². The number of β-amino-alcohol motifs (C(OH)–C–C–N with tert-alkyl or cyclic N) is 1. The summed E-state index contributed by atoms with van der Waals surface area (Å²) in [5.74, 6) is -0.251. The van der Waals surface area contributed by atoms with Gasteiger partial charge in [-0.1, -0.05) is 26.0 Å². The largest absolute Gasteiger partial charge is 0.391 e. The number of amides is 3. The van der Waals surface area contributed by atoms with Gasteiger partial charge in [0.1, 0.15) is 18.2 Å². The SMILES string of the molecule is CN(C)C(=O)C1CCC(CNC(=O)C2CC(O)CN2C(=O)[C@@H](n2cc(C3CC3)nn2)C(C)(C)C)O1. The molecular formula is C24H38N6O5. The van der Waals surface area contributed by atoms with Crippen molar-refractivity contribution in [2.75, 3.05) is 27.2 Å². The smallest absolute Gasteiger partial charge is 0.251 e. The second kappa shape index (κ2) is 9.85. The maximum Gasteiger partial charge on any atom is 0.251 e. The molecule has 0 aromatic carbocycles. The summed E-state index contributed by atoms with van der Waals surface area (Å²) in [5, 5.41) is 21.8. The average Bonchev–Trinajstić information content (AvgIpc) is 3.17. The van der Waals surface area contributed by atoms with Gasteiger partial charge in [0.25, 0.3) is 5.91 Å². The minimum absolute atomic E-state index is 0.0827. The Labute approximate surface area is 206 Å². The van der Waals surface area contributed by atoms with Crippen LogP contribution in [0.4, 0.5) is 0 Å². The van der Waals surface area contributed by atoms with E-state index in [0.717, 1.165) is 18.5 Å². The van der Waals surface area contributed by atoms with E-state index in [1.165, 1.54) is 9.80 Å². The molecule has 1 aliphatic carbocycles. The second-order valence-electron chi connectivity index (χ2n) is 11.4. The molecule has 1 saturated carbocycles. The minimum atomic E-state index is -0.783. The van der Waals surface area contributed by atoms with Gasteiger partial charge < -0.3 is 25.0 Å². The summed E-state index contributed by atoms with van der Waals surface area (Å²) < 4.78 is 7.42. The summed E-state index contributed by atoms with van der Waals surface area (Å²) >= 11 is 0. The van der Waals surface area contributed by atoms with Crippen LogP contribution >= 0.6 is 0 Å². The molecule has 3 amide bonds. The van der Waals surface area contributed by atoms with Gasteiger partial charge in [-0.25, -0.2) is 4.68 Å². The number of aliphatic hydroxyl groups is 1. The van der Waals surface area contributed by atoms with E-state index in [9.17, 15) is 19.5 Å². The topological polar surface area (TPSA) is 130 Å². The molecule has 35 heavy (non-hydrogen) atoms. The lowest BCUT2D eigenvalue weighted by molar-refractivity contribution is -0.144. The molecule has 11 nitrogen and oxygen atoms in total. The first kappa shape index (κ1) is 25.6. The number of nitrogens with zero attached hydrogens (tertiary/aromatic N) is 5. The molecule has 3 aliphatic rings. The summed E-state index contributed by atoms with van der Waals surface area (Å²) in [6.45, 7) is 6.21. The number of aromatic nitrogens is 3. The number of likely N-dealkylation sites (tertiary alicyclic amines) is 1. The summed E-state index contributed by atoms with van der Waals surface area (Å²) in [6, 6.07) is -1.44. The fraction of sp³-hybridized carbons (Fsp3) is 0.792. The Hall–Kier alpha value is -2.53. The summed E-state index contributed by atoms with van der Waals surface area (Å²) in [4.78, 5) is 42.0. The molecule has 2 N–H and O–H groups in total.